The maximum absolute atomic E-state index is 12.9. The van der Waals surface area contributed by atoms with Gasteiger partial charge in [-0.2, -0.15) is 0 Å². The molecule has 1 saturated heterocycles. The van der Waals surface area contributed by atoms with Gasteiger partial charge in [-0.25, -0.2) is 4.79 Å². The van der Waals surface area contributed by atoms with Gasteiger partial charge in [-0.1, -0.05) is 15.9 Å². The fourth-order valence-corrected chi connectivity index (χ4v) is 4.49. The molecule has 0 saturated carbocycles. The molecule has 1 heterocycles. The van der Waals surface area contributed by atoms with Gasteiger partial charge in [0.15, 0.2) is 0 Å². The third kappa shape index (κ3) is 4.91. The highest BCUT2D eigenvalue weighted by Crippen LogP contribution is 2.33. The van der Waals surface area contributed by atoms with Crippen molar-refractivity contribution in [3.63, 3.8) is 0 Å². The molecular formula is C20H20Br2N2O5. The van der Waals surface area contributed by atoms with E-state index in [1.54, 1.807) is 30.3 Å². The van der Waals surface area contributed by atoms with Crippen LogP contribution in [0.25, 0.3) is 0 Å². The molecule has 0 aromatic heterocycles. The average molecular weight is 528 g/mol. The molecule has 1 fully saturated rings. The van der Waals surface area contributed by atoms with Crippen LogP contribution in [-0.2, 0) is 9.47 Å². The van der Waals surface area contributed by atoms with Crippen LogP contribution < -0.4 is 15.0 Å². The molecule has 0 radical (unpaired) electrons. The van der Waals surface area contributed by atoms with Crippen LogP contribution >= 0.6 is 31.9 Å². The second kappa shape index (κ2) is 9.60. The molecule has 0 aliphatic carbocycles. The predicted molar refractivity (Wildman–Crippen MR) is 117 cm³/mol. The number of carbonyl (C=O) groups excluding carboxylic acids is 2. The van der Waals surface area contributed by atoms with E-state index in [1.807, 2.05) is 0 Å². The van der Waals surface area contributed by atoms with E-state index in [-0.39, 0.29) is 5.91 Å². The second-order valence-electron chi connectivity index (χ2n) is 6.25. The normalized spacial score (nSPS) is 13.7. The Morgan fingerprint density at radius 2 is 1.79 bits per heavy atom. The highest BCUT2D eigenvalue weighted by molar-refractivity contribution is 9.11. The number of morpholine rings is 1. The smallest absolute Gasteiger partial charge is 0.340 e. The molecule has 9 heteroatoms. The summed E-state index contributed by atoms with van der Waals surface area (Å²) < 4.78 is 17.0. The molecule has 0 spiro atoms. The molecule has 1 amide bonds. The summed E-state index contributed by atoms with van der Waals surface area (Å²) >= 11 is 6.77. The highest BCUT2D eigenvalue weighted by Gasteiger charge is 2.21. The van der Waals surface area contributed by atoms with Gasteiger partial charge in [-0.15, -0.1) is 0 Å². The van der Waals surface area contributed by atoms with Crippen molar-refractivity contribution in [1.29, 1.82) is 0 Å². The number of amides is 1. The van der Waals surface area contributed by atoms with E-state index in [2.05, 4.69) is 42.1 Å². The number of anilines is 2. The summed E-state index contributed by atoms with van der Waals surface area (Å²) in [7, 11) is 2.83. The molecule has 1 aliphatic heterocycles. The summed E-state index contributed by atoms with van der Waals surface area (Å²) in [4.78, 5) is 27.3. The minimum atomic E-state index is -0.467. The fourth-order valence-electron chi connectivity index (χ4n) is 3.10. The molecule has 1 aliphatic rings. The standard InChI is InChI=1S/C20H20Br2N2O5/c1-27-18-15(9-12(21)10-16(18)22)19(25)23-13-3-4-17(14(11-13)20(26)28-2)24-5-7-29-8-6-24/h3-4,9-11H,5-8H2,1-2H3,(H,23,25). The molecular weight excluding hydrogens is 508 g/mol. The molecule has 7 nitrogen and oxygen atoms in total. The lowest BCUT2D eigenvalue weighted by molar-refractivity contribution is 0.0600. The molecule has 0 unspecified atom stereocenters. The lowest BCUT2D eigenvalue weighted by Crippen LogP contribution is -2.37. The van der Waals surface area contributed by atoms with E-state index in [1.165, 1.54) is 14.2 Å². The number of halogens is 2. The third-order valence-electron chi connectivity index (χ3n) is 4.47. The van der Waals surface area contributed by atoms with Gasteiger partial charge in [0.2, 0.25) is 0 Å². The predicted octanol–water partition coefficient (Wildman–Crippen LogP) is 4.10. The maximum Gasteiger partial charge on any atom is 0.340 e. The van der Waals surface area contributed by atoms with Gasteiger partial charge in [-0.3, -0.25) is 4.79 Å². The number of benzene rings is 2. The summed E-state index contributed by atoms with van der Waals surface area (Å²) in [5.74, 6) is -0.409. The van der Waals surface area contributed by atoms with Crippen molar-refractivity contribution in [2.24, 2.45) is 0 Å². The van der Waals surface area contributed by atoms with Crippen LogP contribution in [0.5, 0.6) is 5.75 Å². The summed E-state index contributed by atoms with van der Waals surface area (Å²) in [6.07, 6.45) is 0. The van der Waals surface area contributed by atoms with E-state index in [4.69, 9.17) is 14.2 Å². The van der Waals surface area contributed by atoms with E-state index in [0.717, 1.165) is 10.2 Å². The molecule has 1 N–H and O–H groups in total. The van der Waals surface area contributed by atoms with Crippen LogP contribution in [-0.4, -0.2) is 52.4 Å². The number of nitrogens with one attached hydrogen (secondary N) is 1. The van der Waals surface area contributed by atoms with Crippen molar-refractivity contribution < 1.29 is 23.8 Å². The SMILES string of the molecule is COC(=O)c1cc(NC(=O)c2cc(Br)cc(Br)c2OC)ccc1N1CCOCC1. The summed E-state index contributed by atoms with van der Waals surface area (Å²) in [6.45, 7) is 2.55. The topological polar surface area (TPSA) is 77.1 Å². The van der Waals surface area contributed by atoms with Crippen molar-refractivity contribution in [3.8, 4) is 5.75 Å². The van der Waals surface area contributed by atoms with Gasteiger partial charge < -0.3 is 24.4 Å². The first-order chi connectivity index (χ1) is 13.9. The van der Waals surface area contributed by atoms with Crippen LogP contribution in [0.15, 0.2) is 39.3 Å². The van der Waals surface area contributed by atoms with Gasteiger partial charge in [-0.05, 0) is 46.3 Å². The first-order valence-electron chi connectivity index (χ1n) is 8.84. The molecule has 154 valence electrons. The van der Waals surface area contributed by atoms with E-state index in [0.29, 0.717) is 53.3 Å². The van der Waals surface area contributed by atoms with Crippen LogP contribution in [0.3, 0.4) is 0 Å². The molecule has 2 aromatic rings. The van der Waals surface area contributed by atoms with Gasteiger partial charge in [0.1, 0.15) is 5.75 Å². The van der Waals surface area contributed by atoms with Gasteiger partial charge in [0.05, 0.1) is 48.7 Å². The Balaban J connectivity index is 1.92. The van der Waals surface area contributed by atoms with Crippen molar-refractivity contribution in [2.45, 2.75) is 0 Å². The van der Waals surface area contributed by atoms with Gasteiger partial charge in [0, 0.05) is 23.2 Å². The Bertz CT molecular complexity index is 929. The Morgan fingerprint density at radius 3 is 2.45 bits per heavy atom. The number of hydrogen-bond acceptors (Lipinski definition) is 6. The highest BCUT2D eigenvalue weighted by atomic mass is 79.9. The summed E-state index contributed by atoms with van der Waals surface area (Å²) in [5.41, 5.74) is 1.96. The first-order valence-corrected chi connectivity index (χ1v) is 10.4. The Morgan fingerprint density at radius 1 is 1.07 bits per heavy atom. The average Bonchev–Trinajstić information content (AvgIpc) is 2.73. The Hall–Kier alpha value is -2.10. The van der Waals surface area contributed by atoms with Crippen molar-refractivity contribution in [2.75, 3.05) is 50.7 Å². The molecule has 3 rings (SSSR count). The lowest BCUT2D eigenvalue weighted by Gasteiger charge is -2.30. The first kappa shape index (κ1) is 21.6. The number of methoxy groups -OCH3 is 2. The minimum absolute atomic E-state index is 0.352. The number of carbonyl (C=O) groups is 2. The Labute approximate surface area is 185 Å². The molecule has 2 aromatic carbocycles. The van der Waals surface area contributed by atoms with Crippen LogP contribution in [0.2, 0.25) is 0 Å². The molecule has 0 atom stereocenters. The van der Waals surface area contributed by atoms with E-state index < -0.39 is 5.97 Å². The van der Waals surface area contributed by atoms with Crippen molar-refractivity contribution in [3.05, 3.63) is 50.4 Å². The van der Waals surface area contributed by atoms with Crippen LogP contribution in [0.1, 0.15) is 20.7 Å². The summed E-state index contributed by atoms with van der Waals surface area (Å²) in [5, 5.41) is 2.83. The number of esters is 1. The number of hydrogen-bond donors (Lipinski definition) is 1. The lowest BCUT2D eigenvalue weighted by atomic mass is 10.1. The molecule has 0 bridgehead atoms. The summed E-state index contributed by atoms with van der Waals surface area (Å²) in [6, 6.07) is 8.65. The van der Waals surface area contributed by atoms with E-state index >= 15 is 0 Å². The molecule has 29 heavy (non-hydrogen) atoms. The largest absolute Gasteiger partial charge is 0.495 e. The van der Waals surface area contributed by atoms with Crippen molar-refractivity contribution >= 4 is 55.1 Å². The third-order valence-corrected chi connectivity index (χ3v) is 5.52. The van der Waals surface area contributed by atoms with Crippen LogP contribution in [0.4, 0.5) is 11.4 Å². The van der Waals surface area contributed by atoms with Crippen molar-refractivity contribution in [1.82, 2.24) is 0 Å². The minimum Gasteiger partial charge on any atom is -0.495 e. The van der Waals surface area contributed by atoms with E-state index in [9.17, 15) is 9.59 Å². The van der Waals surface area contributed by atoms with Gasteiger partial charge >= 0.3 is 5.97 Å². The fraction of sp³-hybridized carbons (Fsp3) is 0.300. The Kier molecular flexibility index (Phi) is 7.15. The quantitative estimate of drug-likeness (QED) is 0.590. The maximum atomic E-state index is 12.9. The second-order valence-corrected chi connectivity index (χ2v) is 8.02. The number of nitrogens with zero attached hydrogens (tertiary/aromatic N) is 1. The number of rotatable bonds is 5. The zero-order valence-electron chi connectivity index (χ0n) is 16.0. The zero-order valence-corrected chi connectivity index (χ0v) is 19.1. The zero-order chi connectivity index (χ0) is 21.0. The van der Waals surface area contributed by atoms with Gasteiger partial charge in [0.25, 0.3) is 5.91 Å². The number of ether oxygens (including phenoxy) is 3. The van der Waals surface area contributed by atoms with Crippen LogP contribution in [0, 0.1) is 0 Å². The monoisotopic (exact) mass is 526 g/mol.